The maximum absolute atomic E-state index is 15.4. The van der Waals surface area contributed by atoms with Crippen molar-refractivity contribution in [3.63, 3.8) is 0 Å². The van der Waals surface area contributed by atoms with Crippen LogP contribution in [0.25, 0.3) is 77.2 Å². The third-order valence-corrected chi connectivity index (χ3v) is 11.5. The Hall–Kier alpha value is -6.58. The summed E-state index contributed by atoms with van der Waals surface area (Å²) in [7, 11) is 0. The molecule has 0 bridgehead atoms. The Labute approximate surface area is 336 Å². The summed E-state index contributed by atoms with van der Waals surface area (Å²) in [6.45, 7) is 12.9. The predicted octanol–water partition coefficient (Wildman–Crippen LogP) is 14.7. The molecular formula is C52H42F3N3. The van der Waals surface area contributed by atoms with Gasteiger partial charge in [0, 0.05) is 21.5 Å². The quantitative estimate of drug-likeness (QED) is 0.176. The molecule has 9 rings (SSSR count). The van der Waals surface area contributed by atoms with Crippen molar-refractivity contribution in [1.29, 1.82) is 5.26 Å². The van der Waals surface area contributed by atoms with Gasteiger partial charge in [-0.3, -0.25) is 0 Å². The van der Waals surface area contributed by atoms with E-state index in [1.807, 2.05) is 118 Å². The highest BCUT2D eigenvalue weighted by Gasteiger charge is 2.34. The van der Waals surface area contributed by atoms with Crippen LogP contribution in [0.5, 0.6) is 0 Å². The van der Waals surface area contributed by atoms with E-state index in [-0.39, 0.29) is 27.8 Å². The van der Waals surface area contributed by atoms with Crippen LogP contribution in [0.15, 0.2) is 146 Å². The van der Waals surface area contributed by atoms with Crippen molar-refractivity contribution >= 4 is 43.6 Å². The van der Waals surface area contributed by atoms with Crippen LogP contribution in [0.3, 0.4) is 0 Å². The van der Waals surface area contributed by atoms with Crippen molar-refractivity contribution in [2.45, 2.75) is 58.5 Å². The van der Waals surface area contributed by atoms with Crippen LogP contribution >= 0.6 is 0 Å². The first-order valence-corrected chi connectivity index (χ1v) is 19.6. The summed E-state index contributed by atoms with van der Waals surface area (Å²) >= 11 is 0. The van der Waals surface area contributed by atoms with E-state index in [0.29, 0.717) is 11.0 Å². The normalized spacial score (nSPS) is 12.6. The number of halogens is 3. The van der Waals surface area contributed by atoms with Crippen LogP contribution in [-0.4, -0.2) is 9.13 Å². The minimum atomic E-state index is -4.71. The fourth-order valence-electron chi connectivity index (χ4n) is 8.36. The molecule has 9 aromatic rings. The molecule has 286 valence electrons. The van der Waals surface area contributed by atoms with E-state index < -0.39 is 11.7 Å². The lowest BCUT2D eigenvalue weighted by Crippen LogP contribution is -2.12. The van der Waals surface area contributed by atoms with Crippen molar-refractivity contribution in [2.75, 3.05) is 0 Å². The Bertz CT molecular complexity index is 2910. The number of rotatable bonds is 4. The molecule has 0 fully saturated rings. The van der Waals surface area contributed by atoms with E-state index in [4.69, 9.17) is 0 Å². The van der Waals surface area contributed by atoms with Gasteiger partial charge in [0.15, 0.2) is 0 Å². The third-order valence-electron chi connectivity index (χ3n) is 11.5. The molecule has 0 saturated carbocycles. The Morgan fingerprint density at radius 1 is 0.414 bits per heavy atom. The molecule has 6 heteroatoms. The first-order valence-electron chi connectivity index (χ1n) is 19.6. The first kappa shape index (κ1) is 37.0. The first-order chi connectivity index (χ1) is 27.6. The van der Waals surface area contributed by atoms with E-state index in [0.717, 1.165) is 78.1 Å². The maximum atomic E-state index is 15.4. The highest BCUT2D eigenvalue weighted by atomic mass is 19.4. The average molecular weight is 766 g/mol. The van der Waals surface area contributed by atoms with Crippen LogP contribution in [0.4, 0.5) is 13.2 Å². The summed E-state index contributed by atoms with van der Waals surface area (Å²) in [5.41, 5.74) is 8.18. The Kier molecular flexibility index (Phi) is 8.46. The molecule has 7 aromatic carbocycles. The van der Waals surface area contributed by atoms with Crippen LogP contribution in [0.1, 0.15) is 63.8 Å². The van der Waals surface area contributed by atoms with Gasteiger partial charge in [-0.25, -0.2) is 0 Å². The molecular weight excluding hydrogens is 724 g/mol. The van der Waals surface area contributed by atoms with Crippen molar-refractivity contribution in [1.82, 2.24) is 9.13 Å². The summed E-state index contributed by atoms with van der Waals surface area (Å²) in [5, 5.41) is 14.9. The van der Waals surface area contributed by atoms with Crippen molar-refractivity contribution in [2.24, 2.45) is 0 Å². The molecule has 0 saturated heterocycles. The highest BCUT2D eigenvalue weighted by Crippen LogP contribution is 2.44. The van der Waals surface area contributed by atoms with E-state index in [9.17, 15) is 5.26 Å². The third kappa shape index (κ3) is 6.14. The second-order valence-corrected chi connectivity index (χ2v) is 17.3. The molecule has 0 spiro atoms. The summed E-state index contributed by atoms with van der Waals surface area (Å²) < 4.78 is 49.8. The van der Waals surface area contributed by atoms with Gasteiger partial charge in [0.1, 0.15) is 11.6 Å². The number of benzene rings is 7. The van der Waals surface area contributed by atoms with Gasteiger partial charge in [-0.2, -0.15) is 18.4 Å². The smallest absolute Gasteiger partial charge is 0.308 e. The second kappa shape index (κ2) is 13.2. The van der Waals surface area contributed by atoms with Gasteiger partial charge in [-0.05, 0) is 92.7 Å². The van der Waals surface area contributed by atoms with Gasteiger partial charge in [-0.1, -0.05) is 139 Å². The molecule has 58 heavy (non-hydrogen) atoms. The van der Waals surface area contributed by atoms with Gasteiger partial charge in [0.25, 0.3) is 0 Å². The van der Waals surface area contributed by atoms with Gasteiger partial charge in [-0.15, -0.1) is 0 Å². The second-order valence-electron chi connectivity index (χ2n) is 17.3. The van der Waals surface area contributed by atoms with E-state index >= 15 is 13.2 Å². The average Bonchev–Trinajstić information content (AvgIpc) is 3.71. The molecule has 0 radical (unpaired) electrons. The van der Waals surface area contributed by atoms with Crippen molar-refractivity contribution < 1.29 is 13.2 Å². The van der Waals surface area contributed by atoms with Crippen LogP contribution in [0, 0.1) is 11.3 Å². The molecule has 2 aromatic heterocycles. The molecule has 0 aliphatic heterocycles. The lowest BCUT2D eigenvalue weighted by molar-refractivity contribution is -0.137. The van der Waals surface area contributed by atoms with Gasteiger partial charge in [0.05, 0.1) is 39.0 Å². The topological polar surface area (TPSA) is 33.6 Å². The number of aromatic nitrogens is 2. The summed E-state index contributed by atoms with van der Waals surface area (Å²) in [6, 6.07) is 49.2. The van der Waals surface area contributed by atoms with E-state index in [1.165, 1.54) is 0 Å². The minimum Gasteiger partial charge on any atom is -0.308 e. The zero-order valence-corrected chi connectivity index (χ0v) is 33.3. The zero-order chi connectivity index (χ0) is 40.7. The fourth-order valence-corrected chi connectivity index (χ4v) is 8.36. The Balaban J connectivity index is 1.43. The number of hydrogen-bond acceptors (Lipinski definition) is 1. The SMILES string of the molecule is CC(C)(C)c1ccc2c(c1)c1ccc(-c3ccccc3)cc1n2-c1cc(C(F)(F)F)cc(-n2c3ccc(C(C)(C)C)cc3c3ccc(-c4ccccc4)cc32)c1C#N. The summed E-state index contributed by atoms with van der Waals surface area (Å²) in [6.07, 6.45) is -4.71. The summed E-state index contributed by atoms with van der Waals surface area (Å²) in [5.74, 6) is 0. The minimum absolute atomic E-state index is 0.139. The predicted molar refractivity (Wildman–Crippen MR) is 233 cm³/mol. The molecule has 2 heterocycles. The summed E-state index contributed by atoms with van der Waals surface area (Å²) in [4.78, 5) is 0. The maximum Gasteiger partial charge on any atom is 0.416 e. The zero-order valence-electron chi connectivity index (χ0n) is 33.3. The van der Waals surface area contributed by atoms with Gasteiger partial charge < -0.3 is 9.13 Å². The van der Waals surface area contributed by atoms with Gasteiger partial charge in [0.2, 0.25) is 0 Å². The van der Waals surface area contributed by atoms with Gasteiger partial charge >= 0.3 is 6.18 Å². The number of hydrogen-bond donors (Lipinski definition) is 0. The molecule has 0 N–H and O–H groups in total. The van der Waals surface area contributed by atoms with Crippen molar-refractivity contribution in [3.05, 3.63) is 168 Å². The Morgan fingerprint density at radius 3 is 1.19 bits per heavy atom. The Morgan fingerprint density at radius 2 is 0.828 bits per heavy atom. The number of nitriles is 1. The van der Waals surface area contributed by atoms with Crippen LogP contribution in [-0.2, 0) is 17.0 Å². The van der Waals surface area contributed by atoms with E-state index in [2.05, 4.69) is 71.9 Å². The molecule has 0 aliphatic rings. The lowest BCUT2D eigenvalue weighted by atomic mass is 9.86. The molecule has 0 unspecified atom stereocenters. The molecule has 3 nitrogen and oxygen atoms in total. The molecule has 0 aliphatic carbocycles. The standard InChI is InChI=1S/C52H42F3N3/c1-50(2,3)36-19-23-44-41(27-36)39-21-17-34(32-13-9-7-10-14-32)25-46(39)57(44)48-29-38(52(53,54)55)30-49(43(48)31-56)58-45-24-20-37(51(4,5)6)28-42(45)40-22-18-35(26-47(40)58)33-15-11-8-12-16-33/h7-30H,1-6H3. The fraction of sp³-hybridized carbons (Fsp3) is 0.173. The molecule has 0 atom stereocenters. The molecule has 0 amide bonds. The number of alkyl halides is 3. The lowest BCUT2D eigenvalue weighted by Gasteiger charge is -2.21. The largest absolute Gasteiger partial charge is 0.416 e. The van der Waals surface area contributed by atoms with Crippen LogP contribution in [0.2, 0.25) is 0 Å². The monoisotopic (exact) mass is 765 g/mol. The van der Waals surface area contributed by atoms with Crippen LogP contribution < -0.4 is 0 Å². The van der Waals surface area contributed by atoms with Crippen molar-refractivity contribution in [3.8, 4) is 39.7 Å². The number of fused-ring (bicyclic) bond motifs is 6. The highest BCUT2D eigenvalue weighted by molar-refractivity contribution is 6.12. The number of nitrogens with zero attached hydrogens (tertiary/aromatic N) is 3. The van der Waals surface area contributed by atoms with E-state index in [1.54, 1.807) is 0 Å².